The molecular weight excluding hydrogens is 295 g/mol. The molecule has 0 bridgehead atoms. The number of benzodiazepines with no additional fused rings is 1. The molecule has 1 aliphatic heterocycles. The average molecular weight is 309 g/mol. The van der Waals surface area contributed by atoms with Crippen LogP contribution >= 0.6 is 11.6 Å². The molecular formula is C16H14ClN2NaO. The molecule has 2 aromatic carbocycles. The normalized spacial score (nSPS) is 13.9. The number of likely N-dealkylation sites (N-methyl/N-ethyl adjacent to an activating group) is 1. The number of nitrogens with zero attached hydrogens (tertiary/aromatic N) is 2. The first-order valence-corrected chi connectivity index (χ1v) is 6.71. The van der Waals surface area contributed by atoms with E-state index in [1.807, 2.05) is 42.5 Å². The first-order valence-electron chi connectivity index (χ1n) is 6.33. The number of amides is 1. The van der Waals surface area contributed by atoms with Crippen molar-refractivity contribution < 1.29 is 35.8 Å². The van der Waals surface area contributed by atoms with Crippen LogP contribution in [-0.2, 0) is 4.79 Å². The predicted molar refractivity (Wildman–Crippen MR) is 82.9 cm³/mol. The van der Waals surface area contributed by atoms with Gasteiger partial charge in [-0.05, 0) is 18.2 Å². The summed E-state index contributed by atoms with van der Waals surface area (Å²) in [7, 11) is 1.76. The van der Waals surface area contributed by atoms with Gasteiger partial charge in [-0.1, -0.05) is 41.9 Å². The Labute approximate surface area is 152 Å². The minimum absolute atomic E-state index is 0. The first kappa shape index (κ1) is 16.2. The molecule has 1 aliphatic rings. The van der Waals surface area contributed by atoms with Crippen LogP contribution in [0.15, 0.2) is 53.5 Å². The summed E-state index contributed by atoms with van der Waals surface area (Å²) in [6.45, 7) is 0.146. The van der Waals surface area contributed by atoms with Gasteiger partial charge in [0.25, 0.3) is 0 Å². The van der Waals surface area contributed by atoms with Crippen molar-refractivity contribution in [3.05, 3.63) is 64.7 Å². The molecule has 0 unspecified atom stereocenters. The smallest absolute Gasteiger partial charge is 1.00 e. The summed E-state index contributed by atoms with van der Waals surface area (Å²) in [5.41, 5.74) is 3.51. The molecule has 5 heteroatoms. The number of fused-ring (bicyclic) bond motifs is 1. The maximum atomic E-state index is 12.0. The molecule has 0 atom stereocenters. The molecule has 0 aliphatic carbocycles. The molecule has 0 N–H and O–H groups in total. The van der Waals surface area contributed by atoms with Crippen LogP contribution in [0.3, 0.4) is 0 Å². The van der Waals surface area contributed by atoms with Gasteiger partial charge in [-0.2, -0.15) is 0 Å². The Morgan fingerprint density at radius 3 is 2.62 bits per heavy atom. The van der Waals surface area contributed by atoms with Crippen molar-refractivity contribution in [1.29, 1.82) is 0 Å². The van der Waals surface area contributed by atoms with Gasteiger partial charge < -0.3 is 6.33 Å². The van der Waals surface area contributed by atoms with Crippen LogP contribution in [0.25, 0.3) is 0 Å². The van der Waals surface area contributed by atoms with Crippen LogP contribution in [-0.4, -0.2) is 25.2 Å². The van der Waals surface area contributed by atoms with E-state index >= 15 is 0 Å². The number of rotatable bonds is 1. The molecule has 1 amide bonds. The Hall–Kier alpha value is -1.13. The third-order valence-corrected chi connectivity index (χ3v) is 3.60. The molecule has 102 valence electrons. The van der Waals surface area contributed by atoms with Gasteiger partial charge >= 0.3 is 29.6 Å². The fourth-order valence-corrected chi connectivity index (χ4v) is 2.48. The number of halogens is 1. The summed E-state index contributed by atoms with van der Waals surface area (Å²) in [5.74, 6) is -0.0282. The predicted octanol–water partition coefficient (Wildman–Crippen LogP) is 0.270. The van der Waals surface area contributed by atoms with E-state index in [0.717, 1.165) is 22.5 Å². The SMILES string of the molecule is CN1C(=O)CN=C(c2ccccc2)c2cc(Cl)ccc21.[H-].[Na+]. The van der Waals surface area contributed by atoms with Crippen LogP contribution in [0, 0.1) is 0 Å². The molecule has 2 aromatic rings. The zero-order valence-corrected chi connectivity index (χ0v) is 14.8. The van der Waals surface area contributed by atoms with Crippen LogP contribution in [0.1, 0.15) is 12.6 Å². The number of hydrogen-bond donors (Lipinski definition) is 0. The van der Waals surface area contributed by atoms with Crippen molar-refractivity contribution in [2.45, 2.75) is 0 Å². The number of aliphatic imine (C=N–C) groups is 1. The summed E-state index contributed by atoms with van der Waals surface area (Å²) >= 11 is 6.11. The van der Waals surface area contributed by atoms with Crippen molar-refractivity contribution in [3.63, 3.8) is 0 Å². The minimum Gasteiger partial charge on any atom is -1.00 e. The molecule has 0 saturated heterocycles. The van der Waals surface area contributed by atoms with Gasteiger partial charge in [0.05, 0.1) is 11.4 Å². The Bertz CT molecular complexity index is 707. The van der Waals surface area contributed by atoms with E-state index in [9.17, 15) is 4.79 Å². The van der Waals surface area contributed by atoms with Crippen molar-refractivity contribution >= 4 is 28.9 Å². The first-order chi connectivity index (χ1) is 9.66. The molecule has 0 radical (unpaired) electrons. The standard InChI is InChI=1S/C16H13ClN2O.Na.H/c1-19-14-8-7-12(17)9-13(14)16(18-10-15(19)20)11-5-3-2-4-6-11;;/h2-9H,10H2,1H3;;/q;+1;-1. The molecule has 21 heavy (non-hydrogen) atoms. The molecule has 0 fully saturated rings. The topological polar surface area (TPSA) is 32.7 Å². The fraction of sp³-hybridized carbons (Fsp3) is 0.125. The van der Waals surface area contributed by atoms with Gasteiger partial charge in [-0.15, -0.1) is 0 Å². The Morgan fingerprint density at radius 2 is 1.90 bits per heavy atom. The largest absolute Gasteiger partial charge is 1.00 e. The Morgan fingerprint density at radius 1 is 1.19 bits per heavy atom. The van der Waals surface area contributed by atoms with Crippen LogP contribution in [0.5, 0.6) is 0 Å². The van der Waals surface area contributed by atoms with Crippen molar-refractivity contribution in [3.8, 4) is 0 Å². The number of anilines is 1. The van der Waals surface area contributed by atoms with E-state index in [1.165, 1.54) is 0 Å². The monoisotopic (exact) mass is 308 g/mol. The summed E-state index contributed by atoms with van der Waals surface area (Å²) in [6.07, 6.45) is 0. The third kappa shape index (κ3) is 3.22. The van der Waals surface area contributed by atoms with E-state index in [0.29, 0.717) is 5.02 Å². The average Bonchev–Trinajstić information content (AvgIpc) is 2.58. The van der Waals surface area contributed by atoms with Crippen LogP contribution in [0.2, 0.25) is 5.02 Å². The van der Waals surface area contributed by atoms with E-state index in [1.54, 1.807) is 18.0 Å². The van der Waals surface area contributed by atoms with Gasteiger partial charge in [-0.25, -0.2) is 0 Å². The van der Waals surface area contributed by atoms with Crippen molar-refractivity contribution in [2.75, 3.05) is 18.5 Å². The summed E-state index contributed by atoms with van der Waals surface area (Å²) < 4.78 is 0. The van der Waals surface area contributed by atoms with Crippen LogP contribution in [0.4, 0.5) is 5.69 Å². The molecule has 0 spiro atoms. The van der Waals surface area contributed by atoms with E-state index < -0.39 is 0 Å². The summed E-state index contributed by atoms with van der Waals surface area (Å²) in [6, 6.07) is 15.3. The van der Waals surface area contributed by atoms with Crippen molar-refractivity contribution in [1.82, 2.24) is 0 Å². The quantitative estimate of drug-likeness (QED) is 0.696. The molecule has 0 saturated carbocycles. The number of carbonyl (C=O) groups excluding carboxylic acids is 1. The van der Waals surface area contributed by atoms with E-state index in [-0.39, 0.29) is 43.4 Å². The number of hydrogen-bond acceptors (Lipinski definition) is 2. The van der Waals surface area contributed by atoms with Gasteiger partial charge in [0, 0.05) is 23.2 Å². The van der Waals surface area contributed by atoms with E-state index in [4.69, 9.17) is 11.6 Å². The van der Waals surface area contributed by atoms with Gasteiger partial charge in [0.1, 0.15) is 6.54 Å². The second-order valence-corrected chi connectivity index (χ2v) is 5.08. The summed E-state index contributed by atoms with van der Waals surface area (Å²) in [5, 5.41) is 0.634. The fourth-order valence-electron chi connectivity index (χ4n) is 2.31. The molecule has 1 heterocycles. The second-order valence-electron chi connectivity index (χ2n) is 4.65. The maximum absolute atomic E-state index is 12.0. The van der Waals surface area contributed by atoms with Gasteiger partial charge in [0.2, 0.25) is 5.91 Å². The molecule has 3 nitrogen and oxygen atoms in total. The maximum Gasteiger partial charge on any atom is 1.00 e. The molecule has 3 rings (SSSR count). The van der Waals surface area contributed by atoms with E-state index in [2.05, 4.69) is 4.99 Å². The number of carbonyl (C=O) groups is 1. The van der Waals surface area contributed by atoms with Gasteiger partial charge in [-0.3, -0.25) is 9.79 Å². The second kappa shape index (κ2) is 6.75. The minimum atomic E-state index is -0.0282. The Balaban J connectivity index is 0.00000121. The van der Waals surface area contributed by atoms with Crippen molar-refractivity contribution in [2.24, 2.45) is 4.99 Å². The van der Waals surface area contributed by atoms with Gasteiger partial charge in [0.15, 0.2) is 0 Å². The molecule has 0 aromatic heterocycles. The summed E-state index contributed by atoms with van der Waals surface area (Å²) in [4.78, 5) is 18.1. The number of benzene rings is 2. The zero-order chi connectivity index (χ0) is 14.1. The zero-order valence-electron chi connectivity index (χ0n) is 13.0. The Kier molecular flexibility index (Phi) is 5.22. The third-order valence-electron chi connectivity index (χ3n) is 3.37. The van der Waals surface area contributed by atoms with Crippen LogP contribution < -0.4 is 34.5 Å².